The van der Waals surface area contributed by atoms with Crippen LogP contribution in [0.3, 0.4) is 0 Å². The van der Waals surface area contributed by atoms with E-state index in [1.807, 2.05) is 0 Å². The van der Waals surface area contributed by atoms with Gasteiger partial charge in [-0.05, 0) is 28.1 Å². The minimum Gasteiger partial charge on any atom is -0.258 e. The summed E-state index contributed by atoms with van der Waals surface area (Å²) in [6.07, 6.45) is 0. The molecule has 5 heteroatoms. The smallest absolute Gasteiger partial charge is 0.258 e. The highest BCUT2D eigenvalue weighted by molar-refractivity contribution is 9.10. The minimum atomic E-state index is -0.824. The number of nitro groups is 1. The second-order valence-corrected chi connectivity index (χ2v) is 2.99. The molecule has 0 fully saturated rings. The number of hydrogen-bond acceptors (Lipinski definition) is 2. The highest BCUT2D eigenvalue weighted by Gasteiger charge is 2.16. The molecule has 0 saturated carbocycles. The SMILES string of the molecule is O=[N+]([O-])c1c(Br)cccc1CF. The fourth-order valence-electron chi connectivity index (χ4n) is 0.872. The molecule has 0 unspecified atom stereocenters. The highest BCUT2D eigenvalue weighted by Crippen LogP contribution is 2.28. The lowest BCUT2D eigenvalue weighted by molar-refractivity contribution is -0.386. The number of hydrogen-bond donors (Lipinski definition) is 0. The van der Waals surface area contributed by atoms with E-state index in [0.717, 1.165) is 0 Å². The molecule has 3 nitrogen and oxygen atoms in total. The van der Waals surface area contributed by atoms with Crippen molar-refractivity contribution in [3.8, 4) is 0 Å². The van der Waals surface area contributed by atoms with E-state index in [9.17, 15) is 14.5 Å². The molecule has 64 valence electrons. The van der Waals surface area contributed by atoms with Crippen LogP contribution < -0.4 is 0 Å². The first-order chi connectivity index (χ1) is 5.66. The maximum atomic E-state index is 12.2. The van der Waals surface area contributed by atoms with Gasteiger partial charge in [0.25, 0.3) is 5.69 Å². The van der Waals surface area contributed by atoms with Crippen LogP contribution in [0, 0.1) is 10.1 Å². The number of para-hydroxylation sites is 1. The Morgan fingerprint density at radius 1 is 1.58 bits per heavy atom. The van der Waals surface area contributed by atoms with Gasteiger partial charge in [-0.15, -0.1) is 0 Å². The summed E-state index contributed by atoms with van der Waals surface area (Å²) in [6.45, 7) is -0.824. The number of rotatable bonds is 2. The van der Waals surface area contributed by atoms with Gasteiger partial charge >= 0.3 is 0 Å². The molecule has 1 aromatic rings. The molecule has 0 aliphatic carbocycles. The fraction of sp³-hybridized carbons (Fsp3) is 0.143. The average molecular weight is 234 g/mol. The molecule has 12 heavy (non-hydrogen) atoms. The van der Waals surface area contributed by atoms with Crippen molar-refractivity contribution in [2.75, 3.05) is 0 Å². The molecular formula is C7H5BrFNO2. The van der Waals surface area contributed by atoms with E-state index >= 15 is 0 Å². The maximum absolute atomic E-state index is 12.2. The molecule has 0 bridgehead atoms. The second-order valence-electron chi connectivity index (χ2n) is 2.14. The predicted octanol–water partition coefficient (Wildman–Crippen LogP) is 2.83. The first-order valence-electron chi connectivity index (χ1n) is 3.14. The number of benzene rings is 1. The highest BCUT2D eigenvalue weighted by atomic mass is 79.9. The molecule has 0 aliphatic rings. The molecular weight excluding hydrogens is 229 g/mol. The molecule has 0 saturated heterocycles. The van der Waals surface area contributed by atoms with Crippen molar-refractivity contribution in [3.05, 3.63) is 38.3 Å². The summed E-state index contributed by atoms with van der Waals surface area (Å²) in [6, 6.07) is 4.46. The zero-order chi connectivity index (χ0) is 9.14. The van der Waals surface area contributed by atoms with Gasteiger partial charge in [-0.3, -0.25) is 10.1 Å². The number of halogens is 2. The summed E-state index contributed by atoms with van der Waals surface area (Å²) < 4.78 is 12.5. The van der Waals surface area contributed by atoms with Gasteiger partial charge in [0, 0.05) is 0 Å². The summed E-state index contributed by atoms with van der Waals surface area (Å²) in [5.74, 6) is 0. The van der Waals surface area contributed by atoms with Crippen LogP contribution in [0.15, 0.2) is 22.7 Å². The van der Waals surface area contributed by atoms with Gasteiger partial charge in [0.2, 0.25) is 0 Å². The van der Waals surface area contributed by atoms with Crippen molar-refractivity contribution in [3.63, 3.8) is 0 Å². The lowest BCUT2D eigenvalue weighted by atomic mass is 10.2. The Balaban J connectivity index is 3.29. The Kier molecular flexibility index (Phi) is 2.75. The van der Waals surface area contributed by atoms with Gasteiger partial charge in [0.05, 0.1) is 15.0 Å². The zero-order valence-corrected chi connectivity index (χ0v) is 7.54. The molecule has 1 aromatic carbocycles. The Morgan fingerprint density at radius 2 is 2.25 bits per heavy atom. The summed E-state index contributed by atoms with van der Waals surface area (Å²) >= 11 is 2.98. The van der Waals surface area contributed by atoms with E-state index in [0.29, 0.717) is 4.47 Å². The van der Waals surface area contributed by atoms with Crippen LogP contribution in [0.25, 0.3) is 0 Å². The van der Waals surface area contributed by atoms with Crippen LogP contribution in [0.1, 0.15) is 5.56 Å². The van der Waals surface area contributed by atoms with Gasteiger partial charge in [0.15, 0.2) is 0 Å². The number of alkyl halides is 1. The van der Waals surface area contributed by atoms with Crippen LogP contribution in [0.4, 0.5) is 10.1 Å². The number of nitrogens with zero attached hydrogens (tertiary/aromatic N) is 1. The van der Waals surface area contributed by atoms with Gasteiger partial charge in [-0.2, -0.15) is 0 Å². The third kappa shape index (κ3) is 1.61. The quantitative estimate of drug-likeness (QED) is 0.583. The van der Waals surface area contributed by atoms with Crippen molar-refractivity contribution in [2.45, 2.75) is 6.67 Å². The summed E-state index contributed by atoms with van der Waals surface area (Å²) in [5.41, 5.74) is -0.102. The van der Waals surface area contributed by atoms with Crippen LogP contribution in [-0.2, 0) is 6.67 Å². The maximum Gasteiger partial charge on any atom is 0.289 e. The van der Waals surface area contributed by atoms with Gasteiger partial charge in [0.1, 0.15) is 6.67 Å². The van der Waals surface area contributed by atoms with E-state index in [1.54, 1.807) is 6.07 Å². The van der Waals surface area contributed by atoms with E-state index in [1.165, 1.54) is 12.1 Å². The Bertz CT molecular complexity index is 316. The third-order valence-corrected chi connectivity index (χ3v) is 2.04. The number of nitro benzene ring substituents is 1. The molecule has 0 heterocycles. The van der Waals surface area contributed by atoms with Crippen molar-refractivity contribution >= 4 is 21.6 Å². The lowest BCUT2D eigenvalue weighted by Crippen LogP contribution is -1.94. The standard InChI is InChI=1S/C7H5BrFNO2/c8-6-3-1-2-5(4-9)7(6)10(11)12/h1-3H,4H2. The summed E-state index contributed by atoms with van der Waals surface area (Å²) in [4.78, 5) is 9.81. The van der Waals surface area contributed by atoms with Crippen molar-refractivity contribution in [2.24, 2.45) is 0 Å². The lowest BCUT2D eigenvalue weighted by Gasteiger charge is -1.98. The van der Waals surface area contributed by atoms with Crippen LogP contribution >= 0.6 is 15.9 Å². The molecule has 0 atom stereocenters. The molecule has 0 radical (unpaired) electrons. The molecule has 0 amide bonds. The van der Waals surface area contributed by atoms with E-state index in [2.05, 4.69) is 15.9 Å². The second kappa shape index (κ2) is 3.62. The normalized spacial score (nSPS) is 9.83. The minimum absolute atomic E-state index is 0.0920. The summed E-state index contributed by atoms with van der Waals surface area (Å²) in [5, 5.41) is 10.4. The Hall–Kier alpha value is -0.970. The van der Waals surface area contributed by atoms with Gasteiger partial charge in [-0.25, -0.2) is 4.39 Å². The molecule has 0 N–H and O–H groups in total. The first kappa shape index (κ1) is 9.12. The van der Waals surface area contributed by atoms with Crippen molar-refractivity contribution < 1.29 is 9.31 Å². The van der Waals surface area contributed by atoms with Gasteiger partial charge < -0.3 is 0 Å². The third-order valence-electron chi connectivity index (χ3n) is 1.40. The Labute approximate surface area is 76.5 Å². The van der Waals surface area contributed by atoms with Crippen molar-refractivity contribution in [1.29, 1.82) is 0 Å². The largest absolute Gasteiger partial charge is 0.289 e. The van der Waals surface area contributed by atoms with E-state index in [4.69, 9.17) is 0 Å². The molecule has 0 aliphatic heterocycles. The Morgan fingerprint density at radius 3 is 2.67 bits per heavy atom. The molecule has 1 rings (SSSR count). The van der Waals surface area contributed by atoms with E-state index in [-0.39, 0.29) is 11.3 Å². The van der Waals surface area contributed by atoms with Crippen LogP contribution in [0.5, 0.6) is 0 Å². The van der Waals surface area contributed by atoms with E-state index < -0.39 is 11.6 Å². The van der Waals surface area contributed by atoms with Gasteiger partial charge in [-0.1, -0.05) is 6.07 Å². The molecule has 0 spiro atoms. The summed E-state index contributed by atoms with van der Waals surface area (Å²) in [7, 11) is 0. The topological polar surface area (TPSA) is 43.1 Å². The monoisotopic (exact) mass is 233 g/mol. The first-order valence-corrected chi connectivity index (χ1v) is 3.94. The fourth-order valence-corrected chi connectivity index (χ4v) is 1.42. The van der Waals surface area contributed by atoms with Crippen molar-refractivity contribution in [1.82, 2.24) is 0 Å². The average Bonchev–Trinajstić information content (AvgIpc) is 2.03. The van der Waals surface area contributed by atoms with Crippen LogP contribution in [-0.4, -0.2) is 4.92 Å². The van der Waals surface area contributed by atoms with Crippen LogP contribution in [0.2, 0.25) is 0 Å². The molecule has 0 aromatic heterocycles. The zero-order valence-electron chi connectivity index (χ0n) is 5.96. The predicted molar refractivity (Wildman–Crippen MR) is 45.6 cm³/mol.